The van der Waals surface area contributed by atoms with E-state index in [-0.39, 0.29) is 6.42 Å². The molecular weight excluding hydrogens is 182 g/mol. The summed E-state index contributed by atoms with van der Waals surface area (Å²) in [5, 5.41) is 11.8. The highest BCUT2D eigenvalue weighted by Gasteiger charge is 2.09. The Hall–Kier alpha value is -1.84. The van der Waals surface area contributed by atoms with Gasteiger partial charge >= 0.3 is 5.97 Å². The monoisotopic (exact) mass is 193 g/mol. The van der Waals surface area contributed by atoms with Crippen LogP contribution in [0.2, 0.25) is 0 Å². The van der Waals surface area contributed by atoms with Gasteiger partial charge in [0, 0.05) is 0 Å². The number of nitrogens with zero attached hydrogens (tertiary/aromatic N) is 1. The molecule has 0 fully saturated rings. The van der Waals surface area contributed by atoms with Crippen LogP contribution in [0.1, 0.15) is 12.0 Å². The van der Waals surface area contributed by atoms with Crippen LogP contribution >= 0.6 is 0 Å². The summed E-state index contributed by atoms with van der Waals surface area (Å²) in [4.78, 5) is 10.9. The predicted octanol–water partition coefficient (Wildman–Crippen LogP) is 1.43. The van der Waals surface area contributed by atoms with Gasteiger partial charge in [0.1, 0.15) is 0 Å². The molecule has 0 radical (unpaired) electrons. The number of oxime groups is 1. The summed E-state index contributed by atoms with van der Waals surface area (Å²) in [5.74, 6) is -0.429. The molecular formula is C10H11NO3. The molecule has 14 heavy (non-hydrogen) atoms. The summed E-state index contributed by atoms with van der Waals surface area (Å²) in [7, 11) is 1.29. The highest BCUT2D eigenvalue weighted by atomic mass is 16.5. The smallest absolute Gasteiger partial charge is 0.311 e. The van der Waals surface area contributed by atoms with E-state index in [0.29, 0.717) is 11.3 Å². The minimum absolute atomic E-state index is 0.0307. The van der Waals surface area contributed by atoms with Crippen molar-refractivity contribution in [3.8, 4) is 0 Å². The summed E-state index contributed by atoms with van der Waals surface area (Å²) in [6.07, 6.45) is -0.0307. The minimum Gasteiger partial charge on any atom is -0.469 e. The van der Waals surface area contributed by atoms with Crippen LogP contribution in [0.25, 0.3) is 0 Å². The number of esters is 1. The molecule has 1 rings (SSSR count). The molecule has 0 aliphatic carbocycles. The maximum Gasteiger partial charge on any atom is 0.311 e. The lowest BCUT2D eigenvalue weighted by atomic mass is 10.1. The van der Waals surface area contributed by atoms with Gasteiger partial charge in [-0.05, 0) is 5.56 Å². The van der Waals surface area contributed by atoms with Crippen molar-refractivity contribution < 1.29 is 14.7 Å². The number of ether oxygens (including phenoxy) is 1. The van der Waals surface area contributed by atoms with Gasteiger partial charge in [-0.3, -0.25) is 4.79 Å². The summed E-state index contributed by atoms with van der Waals surface area (Å²) >= 11 is 0. The molecule has 1 aromatic carbocycles. The largest absolute Gasteiger partial charge is 0.469 e. The van der Waals surface area contributed by atoms with Crippen molar-refractivity contribution in [1.82, 2.24) is 0 Å². The zero-order valence-electron chi connectivity index (χ0n) is 7.80. The molecule has 1 aromatic rings. The van der Waals surface area contributed by atoms with Gasteiger partial charge in [-0.25, -0.2) is 0 Å². The van der Waals surface area contributed by atoms with Crippen LogP contribution in [0.15, 0.2) is 35.5 Å². The molecule has 0 heterocycles. The fourth-order valence-electron chi connectivity index (χ4n) is 1.03. The van der Waals surface area contributed by atoms with Gasteiger partial charge in [0.25, 0.3) is 0 Å². The van der Waals surface area contributed by atoms with Crippen molar-refractivity contribution in [2.45, 2.75) is 6.42 Å². The first-order valence-electron chi connectivity index (χ1n) is 4.11. The SMILES string of the molecule is COC(=O)C/C(=N/O)c1ccccc1. The summed E-state index contributed by atoms with van der Waals surface area (Å²) in [6, 6.07) is 8.97. The van der Waals surface area contributed by atoms with Gasteiger partial charge in [-0.2, -0.15) is 0 Å². The number of rotatable bonds is 3. The Labute approximate surface area is 81.8 Å². The van der Waals surface area contributed by atoms with Crippen molar-refractivity contribution in [2.24, 2.45) is 5.16 Å². The average molecular weight is 193 g/mol. The Bertz CT molecular complexity index is 332. The van der Waals surface area contributed by atoms with E-state index in [0.717, 1.165) is 0 Å². The zero-order chi connectivity index (χ0) is 10.4. The lowest BCUT2D eigenvalue weighted by molar-refractivity contribution is -0.139. The molecule has 0 atom stereocenters. The lowest BCUT2D eigenvalue weighted by Crippen LogP contribution is -2.10. The fourth-order valence-corrected chi connectivity index (χ4v) is 1.03. The number of hydrogen-bond donors (Lipinski definition) is 1. The van der Waals surface area contributed by atoms with Gasteiger partial charge < -0.3 is 9.94 Å². The second kappa shape index (κ2) is 5.01. The molecule has 0 unspecified atom stereocenters. The Morgan fingerprint density at radius 1 is 1.43 bits per heavy atom. The van der Waals surface area contributed by atoms with Crippen molar-refractivity contribution in [3.05, 3.63) is 35.9 Å². The standard InChI is InChI=1S/C10H11NO3/c1-14-10(12)7-9(11-13)8-5-3-2-4-6-8/h2-6,13H,7H2,1H3/b11-9-. The highest BCUT2D eigenvalue weighted by molar-refractivity contribution is 6.08. The molecule has 0 aliphatic rings. The average Bonchev–Trinajstić information content (AvgIpc) is 2.26. The Kier molecular flexibility index (Phi) is 3.67. The second-order valence-electron chi connectivity index (χ2n) is 2.67. The van der Waals surface area contributed by atoms with E-state index in [9.17, 15) is 4.79 Å². The van der Waals surface area contributed by atoms with Crippen LogP contribution in [0.4, 0.5) is 0 Å². The molecule has 0 aromatic heterocycles. The Balaban J connectivity index is 2.79. The van der Waals surface area contributed by atoms with E-state index in [4.69, 9.17) is 5.21 Å². The van der Waals surface area contributed by atoms with Crippen LogP contribution in [0.3, 0.4) is 0 Å². The maximum absolute atomic E-state index is 10.9. The minimum atomic E-state index is -0.429. The van der Waals surface area contributed by atoms with E-state index in [1.807, 2.05) is 6.07 Å². The molecule has 4 nitrogen and oxygen atoms in total. The third kappa shape index (κ3) is 2.58. The molecule has 74 valence electrons. The Morgan fingerprint density at radius 2 is 2.07 bits per heavy atom. The van der Waals surface area contributed by atoms with Crippen LogP contribution in [0.5, 0.6) is 0 Å². The molecule has 4 heteroatoms. The van der Waals surface area contributed by atoms with E-state index in [1.54, 1.807) is 24.3 Å². The zero-order valence-corrected chi connectivity index (χ0v) is 7.80. The van der Waals surface area contributed by atoms with Gasteiger partial charge in [0.2, 0.25) is 0 Å². The topological polar surface area (TPSA) is 58.9 Å². The van der Waals surface area contributed by atoms with Crippen molar-refractivity contribution in [1.29, 1.82) is 0 Å². The van der Waals surface area contributed by atoms with Crippen LogP contribution in [-0.4, -0.2) is 24.0 Å². The lowest BCUT2D eigenvalue weighted by Gasteiger charge is -2.02. The van der Waals surface area contributed by atoms with Crippen molar-refractivity contribution >= 4 is 11.7 Å². The summed E-state index contributed by atoms with van der Waals surface area (Å²) in [6.45, 7) is 0. The van der Waals surface area contributed by atoms with Crippen LogP contribution in [0, 0.1) is 0 Å². The van der Waals surface area contributed by atoms with E-state index < -0.39 is 5.97 Å². The summed E-state index contributed by atoms with van der Waals surface area (Å²) in [5.41, 5.74) is 1.01. The maximum atomic E-state index is 10.9. The second-order valence-corrected chi connectivity index (χ2v) is 2.67. The summed E-state index contributed by atoms with van der Waals surface area (Å²) < 4.78 is 4.47. The van der Waals surface area contributed by atoms with E-state index in [2.05, 4.69) is 9.89 Å². The van der Waals surface area contributed by atoms with E-state index in [1.165, 1.54) is 7.11 Å². The van der Waals surface area contributed by atoms with Crippen molar-refractivity contribution in [2.75, 3.05) is 7.11 Å². The molecule has 0 amide bonds. The van der Waals surface area contributed by atoms with Gasteiger partial charge in [0.15, 0.2) is 0 Å². The first-order chi connectivity index (χ1) is 6.77. The number of carbonyl (C=O) groups excluding carboxylic acids is 1. The Morgan fingerprint density at radius 3 is 2.57 bits per heavy atom. The van der Waals surface area contributed by atoms with Crippen molar-refractivity contribution in [3.63, 3.8) is 0 Å². The molecule has 0 aliphatic heterocycles. The molecule has 0 spiro atoms. The highest BCUT2D eigenvalue weighted by Crippen LogP contribution is 2.04. The molecule has 0 saturated carbocycles. The number of methoxy groups -OCH3 is 1. The third-order valence-corrected chi connectivity index (χ3v) is 1.77. The fraction of sp³-hybridized carbons (Fsp3) is 0.200. The number of carbonyl (C=O) groups is 1. The van der Waals surface area contributed by atoms with Crippen LogP contribution < -0.4 is 0 Å². The van der Waals surface area contributed by atoms with Gasteiger partial charge in [-0.15, -0.1) is 0 Å². The first-order valence-corrected chi connectivity index (χ1v) is 4.11. The number of benzene rings is 1. The van der Waals surface area contributed by atoms with Gasteiger partial charge in [0.05, 0.1) is 19.2 Å². The quantitative estimate of drug-likeness (QED) is 0.342. The first kappa shape index (κ1) is 10.2. The third-order valence-electron chi connectivity index (χ3n) is 1.77. The van der Waals surface area contributed by atoms with Gasteiger partial charge in [-0.1, -0.05) is 35.5 Å². The predicted molar refractivity (Wildman–Crippen MR) is 51.4 cm³/mol. The normalized spacial score (nSPS) is 11.1. The number of hydrogen-bond acceptors (Lipinski definition) is 4. The molecule has 1 N–H and O–H groups in total. The molecule has 0 bridgehead atoms. The molecule has 0 saturated heterocycles. The van der Waals surface area contributed by atoms with Crippen LogP contribution in [-0.2, 0) is 9.53 Å². The van der Waals surface area contributed by atoms with E-state index >= 15 is 0 Å².